The summed E-state index contributed by atoms with van der Waals surface area (Å²) in [6.45, 7) is 6.89. The van der Waals surface area contributed by atoms with Crippen LogP contribution in [0.4, 0.5) is 23.1 Å². The predicted octanol–water partition coefficient (Wildman–Crippen LogP) is 0.679. The molecule has 1 fully saturated rings. The van der Waals surface area contributed by atoms with Crippen molar-refractivity contribution in [2.75, 3.05) is 16.4 Å². The van der Waals surface area contributed by atoms with Crippen LogP contribution in [0.3, 0.4) is 0 Å². The van der Waals surface area contributed by atoms with Crippen LogP contribution in [0.25, 0.3) is 0 Å². The van der Waals surface area contributed by atoms with Crippen molar-refractivity contribution in [3.8, 4) is 0 Å². The maximum Gasteiger partial charge on any atom is 1.00 e. The molecule has 44 heavy (non-hydrogen) atoms. The molecule has 15 heteroatoms. The smallest absolute Gasteiger partial charge is 1.00 e. The van der Waals surface area contributed by atoms with E-state index in [-0.39, 0.29) is 65.3 Å². The third-order valence-electron chi connectivity index (χ3n) is 6.75. The van der Waals surface area contributed by atoms with Crippen LogP contribution >= 0.6 is 0 Å². The van der Waals surface area contributed by atoms with Gasteiger partial charge in [-0.25, -0.2) is 26.5 Å². The molecule has 4 rings (SSSR count). The van der Waals surface area contributed by atoms with Gasteiger partial charge in [-0.3, -0.25) is 9.59 Å². The van der Waals surface area contributed by atoms with Crippen molar-refractivity contribution in [3.05, 3.63) is 65.9 Å². The maximum atomic E-state index is 12.6. The zero-order valence-electron chi connectivity index (χ0n) is 26.4. The summed E-state index contributed by atoms with van der Waals surface area (Å²) >= 11 is 0. The molecule has 12 nitrogen and oxygen atoms in total. The number of nitrogens with one attached hydrogen (secondary N) is 4. The Kier molecular flexibility index (Phi) is 11.9. The molecule has 4 N–H and O–H groups in total. The number of aromatic nitrogens is 2. The molecule has 1 aliphatic rings. The minimum Gasteiger partial charge on any atom is -1.00 e. The third kappa shape index (κ3) is 9.73. The molecule has 232 valence electrons. The molecule has 1 unspecified atom stereocenters. The Morgan fingerprint density at radius 2 is 1.61 bits per heavy atom. The molecule has 0 radical (unpaired) electrons. The van der Waals surface area contributed by atoms with Crippen molar-refractivity contribution in [1.29, 1.82) is 0 Å². The fourth-order valence-corrected chi connectivity index (χ4v) is 7.19. The normalized spacial score (nSPS) is 13.8. The van der Waals surface area contributed by atoms with Gasteiger partial charge in [0.1, 0.15) is 5.82 Å². The quantitative estimate of drug-likeness (QED) is 0.192. The average molecular weight is 653 g/mol. The first-order valence-corrected chi connectivity index (χ1v) is 17.1. The molecule has 1 aromatic heterocycles. The zero-order chi connectivity index (χ0) is 31.4. The van der Waals surface area contributed by atoms with Crippen molar-refractivity contribution in [2.45, 2.75) is 57.2 Å². The fourth-order valence-electron chi connectivity index (χ4n) is 4.05. The number of hydrogen-bond acceptors (Lipinski definition) is 10. The van der Waals surface area contributed by atoms with Crippen molar-refractivity contribution in [1.82, 2.24) is 20.0 Å². The molecular weight excluding hydrogens is 615 g/mol. The summed E-state index contributed by atoms with van der Waals surface area (Å²) < 4.78 is 51.8. The summed E-state index contributed by atoms with van der Waals surface area (Å²) in [5, 5.41) is 8.76. The standard InChI is InChI=1S/C29H36N6O6S2.Na.H/c1-18(2)27(36)35-43(40,41)25-10-6-9-23(14-25)33-29-31-15-19(3)26(34-29)32-22-8-5-7-21(13-22)16-30-28(37)20(4)17-42(38,39)24-11-12-24;;/h5-10,13-15,18,20,24H,11-12,16-17H2,1-4H3,(H,30,37)(H,35,36)(H2,31,32,33,34);;/q;+1;-1. The van der Waals surface area contributed by atoms with Crippen LogP contribution in [0.1, 0.15) is 46.2 Å². The Morgan fingerprint density at radius 1 is 0.955 bits per heavy atom. The van der Waals surface area contributed by atoms with Gasteiger partial charge in [0, 0.05) is 41.5 Å². The van der Waals surface area contributed by atoms with Crippen molar-refractivity contribution < 1.29 is 57.4 Å². The van der Waals surface area contributed by atoms with E-state index >= 15 is 0 Å². The number of anilines is 4. The van der Waals surface area contributed by atoms with Gasteiger partial charge in [0.05, 0.1) is 15.9 Å². The molecule has 2 amide bonds. The molecule has 0 bridgehead atoms. The van der Waals surface area contributed by atoms with Gasteiger partial charge >= 0.3 is 29.6 Å². The SMILES string of the molecule is Cc1cnc(Nc2cccc(S(=O)(=O)NC(=O)C(C)C)c2)nc1Nc1cccc(CNC(=O)C(C)CS(=O)(=O)C2CC2)c1.[H-].[Na+]. The molecule has 2 aromatic carbocycles. The molecule has 0 spiro atoms. The Bertz CT molecular complexity index is 1740. The van der Waals surface area contributed by atoms with Crippen LogP contribution in [0.5, 0.6) is 0 Å². The number of amides is 2. The Balaban J connectivity index is 0.00000353. The van der Waals surface area contributed by atoms with E-state index < -0.39 is 37.6 Å². The number of nitrogens with zero attached hydrogens (tertiary/aromatic N) is 2. The molecule has 0 saturated heterocycles. The number of aryl methyl sites for hydroxylation is 1. The van der Waals surface area contributed by atoms with Crippen LogP contribution in [0.15, 0.2) is 59.6 Å². The Labute approximate surface area is 282 Å². The molecule has 1 atom stereocenters. The van der Waals surface area contributed by atoms with Crippen LogP contribution in [0.2, 0.25) is 0 Å². The van der Waals surface area contributed by atoms with Gasteiger partial charge in [-0.15, -0.1) is 0 Å². The first-order chi connectivity index (χ1) is 20.2. The van der Waals surface area contributed by atoms with Gasteiger partial charge in [0.15, 0.2) is 9.84 Å². The van der Waals surface area contributed by atoms with E-state index in [0.29, 0.717) is 30.0 Å². The van der Waals surface area contributed by atoms with Crippen molar-refractivity contribution >= 4 is 54.8 Å². The molecule has 3 aromatic rings. The topological polar surface area (TPSA) is 176 Å². The molecule has 1 aliphatic carbocycles. The van der Waals surface area contributed by atoms with E-state index in [0.717, 1.165) is 11.1 Å². The maximum absolute atomic E-state index is 12.6. The fraction of sp³-hybridized carbons (Fsp3) is 0.379. The van der Waals surface area contributed by atoms with Gasteiger partial charge in [0.2, 0.25) is 17.8 Å². The van der Waals surface area contributed by atoms with E-state index in [9.17, 15) is 26.4 Å². The number of carbonyl (C=O) groups excluding carboxylic acids is 2. The number of carbonyl (C=O) groups is 2. The summed E-state index contributed by atoms with van der Waals surface area (Å²) in [4.78, 5) is 33.2. The van der Waals surface area contributed by atoms with E-state index in [1.54, 1.807) is 39.1 Å². The second-order valence-corrected chi connectivity index (χ2v) is 15.0. The van der Waals surface area contributed by atoms with Gasteiger partial charge in [0.25, 0.3) is 10.0 Å². The third-order valence-corrected chi connectivity index (χ3v) is 10.5. The number of sulfonamides is 1. The van der Waals surface area contributed by atoms with E-state index in [1.165, 1.54) is 12.1 Å². The van der Waals surface area contributed by atoms with E-state index in [1.807, 2.05) is 31.2 Å². The number of hydrogen-bond donors (Lipinski definition) is 4. The summed E-state index contributed by atoms with van der Waals surface area (Å²) in [5.41, 5.74) is 2.68. The van der Waals surface area contributed by atoms with Crippen LogP contribution < -0.4 is 50.2 Å². The van der Waals surface area contributed by atoms with E-state index in [2.05, 4.69) is 30.6 Å². The average Bonchev–Trinajstić information content (AvgIpc) is 3.80. The summed E-state index contributed by atoms with van der Waals surface area (Å²) in [5.74, 6) is -1.48. The van der Waals surface area contributed by atoms with E-state index in [4.69, 9.17) is 0 Å². The zero-order valence-corrected chi connectivity index (χ0v) is 29.1. The first-order valence-electron chi connectivity index (χ1n) is 13.9. The monoisotopic (exact) mass is 652 g/mol. The van der Waals surface area contributed by atoms with Crippen molar-refractivity contribution in [2.24, 2.45) is 11.8 Å². The summed E-state index contributed by atoms with van der Waals surface area (Å²) in [7, 11) is -7.28. The second kappa shape index (κ2) is 14.8. The summed E-state index contributed by atoms with van der Waals surface area (Å²) in [6.07, 6.45) is 2.97. The van der Waals surface area contributed by atoms with Gasteiger partial charge in [-0.05, 0) is 55.7 Å². The van der Waals surface area contributed by atoms with Crippen LogP contribution in [-0.4, -0.2) is 49.6 Å². The van der Waals surface area contributed by atoms with Crippen molar-refractivity contribution in [3.63, 3.8) is 0 Å². The second-order valence-electron chi connectivity index (χ2n) is 11.0. The van der Waals surface area contributed by atoms with Crippen LogP contribution in [-0.2, 0) is 36.0 Å². The minimum atomic E-state index is -4.05. The molecule has 1 heterocycles. The number of benzene rings is 2. The molecular formula is C29H37N6NaO6S2. The largest absolute Gasteiger partial charge is 1.00 e. The minimum absolute atomic E-state index is 0. The first kappa shape index (κ1) is 35.4. The Morgan fingerprint density at radius 3 is 2.27 bits per heavy atom. The Hall–Kier alpha value is -3.04. The van der Waals surface area contributed by atoms with Gasteiger partial charge < -0.3 is 17.4 Å². The molecule has 1 saturated carbocycles. The number of rotatable bonds is 13. The van der Waals surface area contributed by atoms with Gasteiger partial charge in [-0.1, -0.05) is 39.0 Å². The predicted molar refractivity (Wildman–Crippen MR) is 165 cm³/mol. The number of sulfone groups is 1. The summed E-state index contributed by atoms with van der Waals surface area (Å²) in [6, 6.07) is 13.3. The molecule has 0 aliphatic heterocycles. The van der Waals surface area contributed by atoms with Crippen LogP contribution in [0, 0.1) is 18.8 Å². The van der Waals surface area contributed by atoms with Gasteiger partial charge in [-0.2, -0.15) is 4.98 Å².